The van der Waals surface area contributed by atoms with Crippen molar-refractivity contribution >= 4 is 11.5 Å². The van der Waals surface area contributed by atoms with Gasteiger partial charge < -0.3 is 31.5 Å². The number of nitrogens with two attached hydrogens (primary N) is 2. The van der Waals surface area contributed by atoms with Gasteiger partial charge in [-0.2, -0.15) is 4.98 Å². The van der Waals surface area contributed by atoms with Crippen molar-refractivity contribution in [2.45, 2.75) is 43.8 Å². The number of hydrogen-bond donors (Lipinski definition) is 5. The molecule has 0 bridgehead atoms. The van der Waals surface area contributed by atoms with Gasteiger partial charge in [0.05, 0.1) is 12.3 Å². The van der Waals surface area contributed by atoms with Gasteiger partial charge in [-0.25, -0.2) is 4.79 Å². The summed E-state index contributed by atoms with van der Waals surface area (Å²) in [6.07, 6.45) is -1.72. The molecule has 1 aliphatic heterocycles. The molecule has 0 aromatic carbocycles. The number of hydrogen-bond acceptors (Lipinski definition) is 8. The fourth-order valence-corrected chi connectivity index (χ4v) is 2.65. The number of ether oxygens (including phenoxy) is 1. The van der Waals surface area contributed by atoms with E-state index in [1.54, 1.807) is 0 Å². The van der Waals surface area contributed by atoms with Crippen LogP contribution in [0.2, 0.25) is 0 Å². The summed E-state index contributed by atoms with van der Waals surface area (Å²) in [6.45, 7) is 1.34. The van der Waals surface area contributed by atoms with Gasteiger partial charge in [0, 0.05) is 6.20 Å². The van der Waals surface area contributed by atoms with E-state index in [0.29, 0.717) is 6.42 Å². The average Bonchev–Trinajstić information content (AvgIpc) is 2.69. The fraction of sp³-hybridized carbons (Fsp3) is 0.667. The molecule has 2 heterocycles. The predicted molar refractivity (Wildman–Crippen MR) is 74.2 cm³/mol. The number of aliphatic hydroxyl groups excluding tert-OH is 3. The maximum absolute atomic E-state index is 12.1. The Hall–Kier alpha value is -1.68. The zero-order valence-corrected chi connectivity index (χ0v) is 11.6. The number of rotatable bonds is 4. The topological polar surface area (TPSA) is 157 Å². The highest BCUT2D eigenvalue weighted by Crippen LogP contribution is 2.38. The maximum Gasteiger partial charge on any atom is 0.352 e. The third kappa shape index (κ3) is 2.38. The molecule has 0 aliphatic carbocycles. The van der Waals surface area contributed by atoms with Crippen molar-refractivity contribution in [2.75, 3.05) is 18.1 Å². The van der Waals surface area contributed by atoms with E-state index in [1.165, 1.54) is 6.20 Å². The lowest BCUT2D eigenvalue weighted by Crippen LogP contribution is -2.50. The summed E-state index contributed by atoms with van der Waals surface area (Å²) in [5, 5.41) is 29.5. The first-order valence-electron chi connectivity index (χ1n) is 6.67. The molecule has 21 heavy (non-hydrogen) atoms. The molecular formula is C12H20N4O5. The minimum atomic E-state index is -1.53. The Bertz CT molecular complexity index is 577. The first kappa shape index (κ1) is 15.7. The van der Waals surface area contributed by atoms with Crippen LogP contribution in [0.15, 0.2) is 11.0 Å². The van der Waals surface area contributed by atoms with Crippen LogP contribution in [0.4, 0.5) is 11.5 Å². The molecule has 118 valence electrons. The van der Waals surface area contributed by atoms with Crippen LogP contribution in [0, 0.1) is 0 Å². The lowest BCUT2D eigenvalue weighted by molar-refractivity contribution is -0.155. The molecule has 9 heteroatoms. The monoisotopic (exact) mass is 300 g/mol. The number of anilines is 2. The van der Waals surface area contributed by atoms with Gasteiger partial charge in [0.15, 0.2) is 11.5 Å². The van der Waals surface area contributed by atoms with Crippen LogP contribution in [-0.4, -0.2) is 49.8 Å². The van der Waals surface area contributed by atoms with Crippen LogP contribution in [0.25, 0.3) is 0 Å². The van der Waals surface area contributed by atoms with Gasteiger partial charge in [0.2, 0.25) is 0 Å². The molecule has 0 amide bonds. The van der Waals surface area contributed by atoms with Crippen molar-refractivity contribution in [3.8, 4) is 0 Å². The van der Waals surface area contributed by atoms with Crippen LogP contribution < -0.4 is 17.2 Å². The van der Waals surface area contributed by atoms with Crippen molar-refractivity contribution in [2.24, 2.45) is 0 Å². The number of nitrogens with zero attached hydrogens (tertiary/aromatic N) is 2. The third-order valence-electron chi connectivity index (χ3n) is 3.70. The zero-order valence-electron chi connectivity index (χ0n) is 11.6. The highest BCUT2D eigenvalue weighted by molar-refractivity contribution is 5.55. The number of aromatic nitrogens is 2. The summed E-state index contributed by atoms with van der Waals surface area (Å²) in [6, 6.07) is 0. The summed E-state index contributed by atoms with van der Waals surface area (Å²) < 4.78 is 6.63. The summed E-state index contributed by atoms with van der Waals surface area (Å²) in [5.74, 6) is -0.116. The molecule has 4 atom stereocenters. The van der Waals surface area contributed by atoms with Crippen molar-refractivity contribution in [1.82, 2.24) is 9.55 Å². The first-order valence-corrected chi connectivity index (χ1v) is 6.67. The van der Waals surface area contributed by atoms with E-state index in [9.17, 15) is 20.1 Å². The normalized spacial score (nSPS) is 32.5. The molecule has 7 N–H and O–H groups in total. The highest BCUT2D eigenvalue weighted by atomic mass is 16.6. The van der Waals surface area contributed by atoms with Gasteiger partial charge >= 0.3 is 5.69 Å². The van der Waals surface area contributed by atoms with Gasteiger partial charge in [-0.15, -0.1) is 0 Å². The van der Waals surface area contributed by atoms with Crippen LogP contribution in [-0.2, 0) is 10.5 Å². The SMILES string of the molecule is CCC[C@@]1(n2cc(N)c(N)nc2=O)O[C@H](CO)[C@@H](O)[C@H]1O. The molecule has 9 nitrogen and oxygen atoms in total. The molecule has 0 unspecified atom stereocenters. The minimum Gasteiger partial charge on any atom is -0.395 e. The maximum atomic E-state index is 12.1. The summed E-state index contributed by atoms with van der Waals surface area (Å²) in [7, 11) is 0. The predicted octanol–water partition coefficient (Wildman–Crippen LogP) is -2.03. The second-order valence-corrected chi connectivity index (χ2v) is 5.10. The molecular weight excluding hydrogens is 280 g/mol. The fourth-order valence-electron chi connectivity index (χ4n) is 2.65. The Morgan fingerprint density at radius 2 is 2.14 bits per heavy atom. The molecule has 1 aromatic rings. The molecule has 0 saturated carbocycles. The smallest absolute Gasteiger partial charge is 0.352 e. The van der Waals surface area contributed by atoms with E-state index in [2.05, 4.69) is 4.98 Å². The molecule has 1 aliphatic rings. The Kier molecular flexibility index (Phi) is 4.19. The lowest BCUT2D eigenvalue weighted by Gasteiger charge is -2.33. The van der Waals surface area contributed by atoms with E-state index in [-0.39, 0.29) is 17.9 Å². The quantitative estimate of drug-likeness (QED) is 0.426. The van der Waals surface area contributed by atoms with E-state index in [0.717, 1.165) is 4.57 Å². The Morgan fingerprint density at radius 1 is 1.48 bits per heavy atom. The Labute approximate surface area is 120 Å². The second-order valence-electron chi connectivity index (χ2n) is 5.10. The van der Waals surface area contributed by atoms with Crippen molar-refractivity contribution in [3.05, 3.63) is 16.7 Å². The molecule has 0 spiro atoms. The third-order valence-corrected chi connectivity index (χ3v) is 3.70. The van der Waals surface area contributed by atoms with Crippen molar-refractivity contribution in [1.29, 1.82) is 0 Å². The molecule has 1 fully saturated rings. The van der Waals surface area contributed by atoms with Gasteiger partial charge in [-0.3, -0.25) is 4.57 Å². The van der Waals surface area contributed by atoms with E-state index >= 15 is 0 Å². The summed E-state index contributed by atoms with van der Waals surface area (Å²) in [5.41, 5.74) is 8.92. The minimum absolute atomic E-state index is 0.0582. The Morgan fingerprint density at radius 3 is 2.67 bits per heavy atom. The second kappa shape index (κ2) is 5.60. The van der Waals surface area contributed by atoms with Gasteiger partial charge in [-0.1, -0.05) is 13.3 Å². The van der Waals surface area contributed by atoms with Crippen molar-refractivity contribution < 1.29 is 20.1 Å². The van der Waals surface area contributed by atoms with E-state index in [1.807, 2.05) is 6.92 Å². The standard InChI is InChI=1S/C12H20N4O5/c1-2-3-12(9(19)8(18)7(5-17)21-12)16-4-6(13)10(14)15-11(16)20/h4,7-9,17-19H,2-3,5,13H2,1H3,(H2,14,15,20)/t7-,8-,9-,12-/m1/s1. The summed E-state index contributed by atoms with van der Waals surface area (Å²) in [4.78, 5) is 15.7. The first-order chi connectivity index (χ1) is 9.87. The van der Waals surface area contributed by atoms with E-state index in [4.69, 9.17) is 16.2 Å². The largest absolute Gasteiger partial charge is 0.395 e. The van der Waals surface area contributed by atoms with Gasteiger partial charge in [0.1, 0.15) is 18.3 Å². The molecule has 2 rings (SSSR count). The van der Waals surface area contributed by atoms with E-state index < -0.39 is 36.3 Å². The molecule has 1 aromatic heterocycles. The lowest BCUT2D eigenvalue weighted by atomic mass is 9.97. The summed E-state index contributed by atoms with van der Waals surface area (Å²) >= 11 is 0. The van der Waals surface area contributed by atoms with Crippen molar-refractivity contribution in [3.63, 3.8) is 0 Å². The molecule has 0 radical (unpaired) electrons. The van der Waals surface area contributed by atoms with Gasteiger partial charge in [-0.05, 0) is 6.42 Å². The van der Waals surface area contributed by atoms with Crippen LogP contribution >= 0.6 is 0 Å². The zero-order chi connectivity index (χ0) is 15.8. The van der Waals surface area contributed by atoms with Crippen LogP contribution in [0.3, 0.4) is 0 Å². The van der Waals surface area contributed by atoms with Crippen LogP contribution in [0.1, 0.15) is 19.8 Å². The van der Waals surface area contributed by atoms with Crippen LogP contribution in [0.5, 0.6) is 0 Å². The number of aliphatic hydroxyl groups is 3. The molecule has 1 saturated heterocycles. The average molecular weight is 300 g/mol. The Balaban J connectivity index is 2.59. The number of nitrogen functional groups attached to an aromatic ring is 2. The highest BCUT2D eigenvalue weighted by Gasteiger charge is 2.55. The van der Waals surface area contributed by atoms with Gasteiger partial charge in [0.25, 0.3) is 0 Å².